The average Bonchev–Trinajstić information content (AvgIpc) is 2.01. The molecule has 0 N–H and O–H groups in total. The van der Waals surface area contributed by atoms with Crippen LogP contribution < -0.4 is 0 Å². The molecule has 0 aromatic heterocycles. The van der Waals surface area contributed by atoms with Crippen LogP contribution in [-0.2, 0) is 9.53 Å². The Morgan fingerprint density at radius 2 is 2.00 bits per heavy atom. The number of rotatable bonds is 6. The second-order valence-corrected chi connectivity index (χ2v) is 3.26. The zero-order chi connectivity index (χ0) is 11.2. The third kappa shape index (κ3) is 8.04. The van der Waals surface area contributed by atoms with E-state index in [2.05, 4.69) is 0 Å². The lowest BCUT2D eigenvalue weighted by Gasteiger charge is -2.08. The lowest BCUT2D eigenvalue weighted by Crippen LogP contribution is -2.13. The molecule has 0 rings (SSSR count). The summed E-state index contributed by atoms with van der Waals surface area (Å²) in [5, 5.41) is 0. The molecule has 0 aromatic carbocycles. The number of Topliss-reactive ketones (excluding diaryl/α,β-unsaturated/α-hetero) is 1. The monoisotopic (exact) mass is 212 g/mol. The van der Waals surface area contributed by atoms with E-state index in [0.29, 0.717) is 0 Å². The smallest absolute Gasteiger partial charge is 0.381 e. The molecule has 0 aliphatic heterocycles. The number of ether oxygens (including phenoxy) is 1. The summed E-state index contributed by atoms with van der Waals surface area (Å²) in [5.74, 6) is -0.177. The van der Waals surface area contributed by atoms with Gasteiger partial charge in [-0.25, -0.2) is 0 Å². The van der Waals surface area contributed by atoms with E-state index in [4.69, 9.17) is 4.74 Å². The van der Waals surface area contributed by atoms with Crippen molar-refractivity contribution in [1.29, 1.82) is 0 Å². The van der Waals surface area contributed by atoms with Crippen LogP contribution in [0.25, 0.3) is 0 Å². The van der Waals surface area contributed by atoms with Gasteiger partial charge in [0.1, 0.15) is 5.78 Å². The Kier molecular flexibility index (Phi) is 5.76. The van der Waals surface area contributed by atoms with Gasteiger partial charge in [-0.05, 0) is 13.3 Å². The maximum absolute atomic E-state index is 11.7. The number of hydrogen-bond acceptors (Lipinski definition) is 2. The highest BCUT2D eigenvalue weighted by molar-refractivity contribution is 5.78. The van der Waals surface area contributed by atoms with Crippen LogP contribution in [0.4, 0.5) is 13.2 Å². The molecule has 2 nitrogen and oxygen atoms in total. The van der Waals surface area contributed by atoms with E-state index in [1.807, 2.05) is 0 Å². The normalized spacial score (nSPS) is 14.1. The maximum atomic E-state index is 11.7. The van der Waals surface area contributed by atoms with Crippen molar-refractivity contribution in [2.24, 2.45) is 0 Å². The van der Waals surface area contributed by atoms with Gasteiger partial charge in [0, 0.05) is 26.4 Å². The third-order valence-corrected chi connectivity index (χ3v) is 1.83. The van der Waals surface area contributed by atoms with Gasteiger partial charge in [0.05, 0.1) is 6.10 Å². The molecule has 0 radical (unpaired) electrons. The van der Waals surface area contributed by atoms with Crippen molar-refractivity contribution in [3.63, 3.8) is 0 Å². The second kappa shape index (κ2) is 6.01. The minimum Gasteiger partial charge on any atom is -0.381 e. The summed E-state index contributed by atoms with van der Waals surface area (Å²) in [4.78, 5) is 11.1. The first-order valence-electron chi connectivity index (χ1n) is 4.46. The first-order valence-corrected chi connectivity index (χ1v) is 4.46. The van der Waals surface area contributed by atoms with Gasteiger partial charge >= 0.3 is 6.18 Å². The quantitative estimate of drug-likeness (QED) is 0.676. The maximum Gasteiger partial charge on any atom is 0.389 e. The van der Waals surface area contributed by atoms with Crippen LogP contribution in [-0.4, -0.2) is 25.2 Å². The van der Waals surface area contributed by atoms with Crippen molar-refractivity contribution < 1.29 is 22.7 Å². The summed E-state index contributed by atoms with van der Waals surface area (Å²) in [6.45, 7) is 1.71. The van der Waals surface area contributed by atoms with Gasteiger partial charge in [-0.2, -0.15) is 13.2 Å². The van der Waals surface area contributed by atoms with E-state index < -0.39 is 12.6 Å². The fourth-order valence-electron chi connectivity index (χ4n) is 0.992. The Labute approximate surface area is 81.4 Å². The molecule has 0 aliphatic carbocycles. The lowest BCUT2D eigenvalue weighted by atomic mass is 10.1. The van der Waals surface area contributed by atoms with Crippen molar-refractivity contribution in [3.8, 4) is 0 Å². The van der Waals surface area contributed by atoms with Crippen molar-refractivity contribution in [3.05, 3.63) is 0 Å². The van der Waals surface area contributed by atoms with E-state index in [1.54, 1.807) is 6.92 Å². The Balaban J connectivity index is 3.55. The van der Waals surface area contributed by atoms with E-state index in [-0.39, 0.29) is 31.1 Å². The van der Waals surface area contributed by atoms with Gasteiger partial charge < -0.3 is 4.74 Å². The highest BCUT2D eigenvalue weighted by Crippen LogP contribution is 2.22. The molecule has 0 aromatic rings. The molecule has 0 bridgehead atoms. The highest BCUT2D eigenvalue weighted by Gasteiger charge is 2.26. The molecule has 0 spiro atoms. The number of alkyl halides is 3. The summed E-state index contributed by atoms with van der Waals surface area (Å²) >= 11 is 0. The molecule has 0 amide bonds. The van der Waals surface area contributed by atoms with E-state index in [1.165, 1.54) is 7.11 Å². The molecule has 1 atom stereocenters. The molecule has 5 heteroatoms. The topological polar surface area (TPSA) is 26.3 Å². The largest absolute Gasteiger partial charge is 0.389 e. The van der Waals surface area contributed by atoms with Crippen molar-refractivity contribution in [2.75, 3.05) is 7.11 Å². The van der Waals surface area contributed by atoms with Crippen LogP contribution >= 0.6 is 0 Å². The summed E-state index contributed by atoms with van der Waals surface area (Å²) in [5.41, 5.74) is 0. The number of carbonyl (C=O) groups is 1. The molecular weight excluding hydrogens is 197 g/mol. The molecule has 0 heterocycles. The standard InChI is InChI=1S/C9H15F3O2/c1-7(14-2)6-8(13)4-3-5-9(10,11)12/h7H,3-6H2,1-2H3. The molecule has 14 heavy (non-hydrogen) atoms. The van der Waals surface area contributed by atoms with Gasteiger partial charge in [-0.1, -0.05) is 0 Å². The Hall–Kier alpha value is -0.580. The summed E-state index contributed by atoms with van der Waals surface area (Å²) in [6, 6.07) is 0. The van der Waals surface area contributed by atoms with E-state index in [0.717, 1.165) is 0 Å². The lowest BCUT2D eigenvalue weighted by molar-refractivity contribution is -0.137. The average molecular weight is 212 g/mol. The Morgan fingerprint density at radius 1 is 1.43 bits per heavy atom. The van der Waals surface area contributed by atoms with Crippen LogP contribution in [0.1, 0.15) is 32.6 Å². The van der Waals surface area contributed by atoms with Crippen LogP contribution in [0.3, 0.4) is 0 Å². The fourth-order valence-corrected chi connectivity index (χ4v) is 0.992. The van der Waals surface area contributed by atoms with Crippen LogP contribution in [0.15, 0.2) is 0 Å². The van der Waals surface area contributed by atoms with E-state index in [9.17, 15) is 18.0 Å². The molecule has 84 valence electrons. The van der Waals surface area contributed by atoms with Crippen LogP contribution in [0.5, 0.6) is 0 Å². The molecule has 1 unspecified atom stereocenters. The SMILES string of the molecule is COC(C)CC(=O)CCCC(F)(F)F. The first kappa shape index (κ1) is 13.4. The number of ketones is 1. The van der Waals surface area contributed by atoms with Gasteiger partial charge in [0.15, 0.2) is 0 Å². The molecule has 0 aliphatic rings. The van der Waals surface area contributed by atoms with Crippen LogP contribution in [0.2, 0.25) is 0 Å². The Bertz CT molecular complexity index is 177. The molecule has 0 saturated carbocycles. The predicted molar refractivity (Wildman–Crippen MR) is 46.0 cm³/mol. The van der Waals surface area contributed by atoms with Crippen LogP contribution in [0, 0.1) is 0 Å². The van der Waals surface area contributed by atoms with Gasteiger partial charge in [0.2, 0.25) is 0 Å². The predicted octanol–water partition coefficient (Wildman–Crippen LogP) is 2.71. The van der Waals surface area contributed by atoms with Gasteiger partial charge in [-0.15, -0.1) is 0 Å². The molecule has 0 fully saturated rings. The summed E-state index contributed by atoms with van der Waals surface area (Å²) < 4.78 is 39.9. The number of carbonyl (C=O) groups excluding carboxylic acids is 1. The van der Waals surface area contributed by atoms with Crippen molar-refractivity contribution >= 4 is 5.78 Å². The van der Waals surface area contributed by atoms with Crippen molar-refractivity contribution in [2.45, 2.75) is 44.9 Å². The Morgan fingerprint density at radius 3 is 2.43 bits per heavy atom. The minimum absolute atomic E-state index is 0.0206. The minimum atomic E-state index is -4.16. The second-order valence-electron chi connectivity index (χ2n) is 3.26. The zero-order valence-corrected chi connectivity index (χ0v) is 8.36. The van der Waals surface area contributed by atoms with E-state index >= 15 is 0 Å². The number of halogens is 3. The first-order chi connectivity index (χ1) is 6.35. The molecular formula is C9H15F3O2. The fraction of sp³-hybridized carbons (Fsp3) is 0.889. The van der Waals surface area contributed by atoms with Gasteiger partial charge in [0.25, 0.3) is 0 Å². The van der Waals surface area contributed by atoms with Gasteiger partial charge in [-0.3, -0.25) is 4.79 Å². The summed E-state index contributed by atoms with van der Waals surface area (Å²) in [6.07, 6.45) is -5.22. The van der Waals surface area contributed by atoms with Crippen molar-refractivity contribution in [1.82, 2.24) is 0 Å². The zero-order valence-electron chi connectivity index (χ0n) is 8.36. The highest BCUT2D eigenvalue weighted by atomic mass is 19.4. The summed E-state index contributed by atoms with van der Waals surface area (Å²) in [7, 11) is 1.47. The number of hydrogen-bond donors (Lipinski definition) is 0. The number of methoxy groups -OCH3 is 1. The third-order valence-electron chi connectivity index (χ3n) is 1.83. The molecule has 0 saturated heterocycles.